The maximum absolute atomic E-state index is 13.9. The lowest BCUT2D eigenvalue weighted by atomic mass is 10.0. The third-order valence-electron chi connectivity index (χ3n) is 7.69. The molecule has 3 aromatic carbocycles. The number of hydrogen-bond donors (Lipinski definition) is 1. The van der Waals surface area contributed by atoms with Gasteiger partial charge in [-0.25, -0.2) is 12.8 Å². The Bertz CT molecular complexity index is 1650. The highest BCUT2D eigenvalue weighted by atomic mass is 32.2. The van der Waals surface area contributed by atoms with E-state index in [-0.39, 0.29) is 36.2 Å². The van der Waals surface area contributed by atoms with Crippen LogP contribution < -0.4 is 5.32 Å². The predicted molar refractivity (Wildman–Crippen MR) is 165 cm³/mol. The van der Waals surface area contributed by atoms with E-state index in [1.54, 1.807) is 66.9 Å². The van der Waals surface area contributed by atoms with Crippen molar-refractivity contribution in [2.24, 2.45) is 0 Å². The highest BCUT2D eigenvalue weighted by molar-refractivity contribution is 7.89. The number of sulfonamides is 1. The molecule has 1 unspecified atom stereocenters. The van der Waals surface area contributed by atoms with Crippen LogP contribution in [0.3, 0.4) is 0 Å². The minimum atomic E-state index is -3.53. The van der Waals surface area contributed by atoms with Crippen LogP contribution in [-0.2, 0) is 39.1 Å². The number of rotatable bonds is 12. The quantitative estimate of drug-likeness (QED) is 0.242. The molecule has 1 aliphatic rings. The van der Waals surface area contributed by atoms with Crippen molar-refractivity contribution in [1.29, 1.82) is 0 Å². The van der Waals surface area contributed by atoms with Crippen molar-refractivity contribution in [2.45, 2.75) is 49.7 Å². The summed E-state index contributed by atoms with van der Waals surface area (Å²) in [4.78, 5) is 33.7. The van der Waals surface area contributed by atoms with Crippen molar-refractivity contribution in [3.05, 3.63) is 131 Å². The zero-order valence-electron chi connectivity index (χ0n) is 24.3. The lowest BCUT2D eigenvalue weighted by Gasteiger charge is -2.32. The number of aryl methyl sites for hydroxylation is 1. The van der Waals surface area contributed by atoms with Crippen molar-refractivity contribution < 1.29 is 22.4 Å². The minimum absolute atomic E-state index is 0.0796. The Balaban J connectivity index is 1.37. The number of halogens is 1. The molecule has 44 heavy (non-hydrogen) atoms. The number of aromatic nitrogens is 1. The van der Waals surface area contributed by atoms with E-state index >= 15 is 0 Å². The van der Waals surface area contributed by atoms with Gasteiger partial charge in [0.1, 0.15) is 11.9 Å². The molecule has 1 atom stereocenters. The second kappa shape index (κ2) is 14.4. The molecular formula is C34H35FN4O4S. The van der Waals surface area contributed by atoms with Gasteiger partial charge in [0.05, 0.1) is 17.1 Å². The molecule has 1 aromatic heterocycles. The standard InChI is InChI=1S/C34H35FN4O4S/c35-29-16-11-27(12-17-29)25-39(33(28-8-2-1-3-9-28)34(41)37-24-30-10-4-5-21-36-30)32(40)20-15-26-13-18-31(19-14-26)44(42,43)38-22-6-7-23-38/h1-5,8-14,16-19,21,33H,6-7,15,20,22-25H2,(H,37,41). The van der Waals surface area contributed by atoms with E-state index in [0.717, 1.165) is 18.4 Å². The number of nitrogens with one attached hydrogen (secondary N) is 1. The maximum Gasteiger partial charge on any atom is 0.247 e. The van der Waals surface area contributed by atoms with Crippen molar-refractivity contribution >= 4 is 21.8 Å². The Morgan fingerprint density at radius 1 is 0.864 bits per heavy atom. The fourth-order valence-corrected chi connectivity index (χ4v) is 6.81. The van der Waals surface area contributed by atoms with Gasteiger partial charge in [0.2, 0.25) is 21.8 Å². The molecule has 1 N–H and O–H groups in total. The second-order valence-electron chi connectivity index (χ2n) is 10.8. The van der Waals surface area contributed by atoms with Crippen LogP contribution in [-0.4, -0.2) is 47.5 Å². The fraction of sp³-hybridized carbons (Fsp3) is 0.265. The zero-order chi connectivity index (χ0) is 30.9. The largest absolute Gasteiger partial charge is 0.348 e. The Labute approximate surface area is 257 Å². The third kappa shape index (κ3) is 7.75. The smallest absolute Gasteiger partial charge is 0.247 e. The second-order valence-corrected chi connectivity index (χ2v) is 12.7. The molecule has 2 amide bonds. The van der Waals surface area contributed by atoms with E-state index in [0.29, 0.717) is 36.3 Å². The molecule has 1 saturated heterocycles. The highest BCUT2D eigenvalue weighted by Crippen LogP contribution is 2.26. The van der Waals surface area contributed by atoms with Crippen LogP contribution in [0, 0.1) is 5.82 Å². The summed E-state index contributed by atoms with van der Waals surface area (Å²) in [6, 6.07) is 26.0. The third-order valence-corrected chi connectivity index (χ3v) is 9.60. The molecule has 4 aromatic rings. The van der Waals surface area contributed by atoms with Gasteiger partial charge >= 0.3 is 0 Å². The van der Waals surface area contributed by atoms with Crippen LogP contribution in [0.1, 0.15) is 47.7 Å². The van der Waals surface area contributed by atoms with Gasteiger partial charge in [-0.15, -0.1) is 0 Å². The summed E-state index contributed by atoms with van der Waals surface area (Å²) in [6.07, 6.45) is 3.79. The molecule has 8 nitrogen and oxygen atoms in total. The lowest BCUT2D eigenvalue weighted by Crippen LogP contribution is -2.43. The molecule has 0 radical (unpaired) electrons. The Morgan fingerprint density at radius 2 is 1.52 bits per heavy atom. The number of carbonyl (C=O) groups is 2. The summed E-state index contributed by atoms with van der Waals surface area (Å²) in [5, 5.41) is 2.93. The average Bonchev–Trinajstić information content (AvgIpc) is 3.61. The molecule has 2 heterocycles. The zero-order valence-corrected chi connectivity index (χ0v) is 25.1. The van der Waals surface area contributed by atoms with Crippen molar-refractivity contribution in [3.63, 3.8) is 0 Å². The Morgan fingerprint density at radius 3 is 2.18 bits per heavy atom. The summed E-state index contributed by atoms with van der Waals surface area (Å²) >= 11 is 0. The fourth-order valence-electron chi connectivity index (χ4n) is 5.30. The van der Waals surface area contributed by atoms with Crippen LogP contribution in [0.5, 0.6) is 0 Å². The normalized spacial score (nSPS) is 14.2. The summed E-state index contributed by atoms with van der Waals surface area (Å²) in [6.45, 7) is 1.33. The van der Waals surface area contributed by atoms with Gasteiger partial charge in [0.25, 0.3) is 0 Å². The van der Waals surface area contributed by atoms with E-state index in [4.69, 9.17) is 0 Å². The van der Waals surface area contributed by atoms with Crippen LogP contribution >= 0.6 is 0 Å². The Hall–Kier alpha value is -4.41. The van der Waals surface area contributed by atoms with E-state index in [9.17, 15) is 22.4 Å². The van der Waals surface area contributed by atoms with Crippen molar-refractivity contribution in [3.8, 4) is 0 Å². The van der Waals surface area contributed by atoms with Crippen molar-refractivity contribution in [2.75, 3.05) is 13.1 Å². The molecule has 0 spiro atoms. The molecule has 0 saturated carbocycles. The van der Waals surface area contributed by atoms with Gasteiger partial charge in [-0.3, -0.25) is 14.6 Å². The minimum Gasteiger partial charge on any atom is -0.348 e. The van der Waals surface area contributed by atoms with Crippen LogP contribution in [0.25, 0.3) is 0 Å². The number of pyridine rings is 1. The summed E-state index contributed by atoms with van der Waals surface area (Å²) in [5.74, 6) is -1.03. The topological polar surface area (TPSA) is 99.7 Å². The molecule has 1 fully saturated rings. The summed E-state index contributed by atoms with van der Waals surface area (Å²) in [5.41, 5.74) is 2.79. The van der Waals surface area contributed by atoms with Gasteiger partial charge in [0.15, 0.2) is 0 Å². The predicted octanol–water partition coefficient (Wildman–Crippen LogP) is 5.02. The first-order chi connectivity index (χ1) is 21.3. The van der Waals surface area contributed by atoms with Crippen LogP contribution in [0.2, 0.25) is 0 Å². The molecule has 1 aliphatic heterocycles. The van der Waals surface area contributed by atoms with Crippen LogP contribution in [0.4, 0.5) is 4.39 Å². The van der Waals surface area contributed by atoms with Gasteiger partial charge in [0, 0.05) is 32.3 Å². The Kier molecular flexibility index (Phi) is 10.1. The van der Waals surface area contributed by atoms with Crippen molar-refractivity contribution in [1.82, 2.24) is 19.5 Å². The number of hydrogen-bond acceptors (Lipinski definition) is 5. The molecule has 10 heteroatoms. The first-order valence-electron chi connectivity index (χ1n) is 14.7. The monoisotopic (exact) mass is 614 g/mol. The summed E-state index contributed by atoms with van der Waals surface area (Å²) in [7, 11) is -3.53. The van der Waals surface area contributed by atoms with E-state index in [1.165, 1.54) is 21.3 Å². The molecule has 5 rings (SSSR count). The van der Waals surface area contributed by atoms with E-state index in [2.05, 4.69) is 10.3 Å². The first kappa shape index (κ1) is 31.0. The number of benzene rings is 3. The maximum atomic E-state index is 13.9. The molecule has 0 bridgehead atoms. The molecular weight excluding hydrogens is 579 g/mol. The number of nitrogens with zero attached hydrogens (tertiary/aromatic N) is 3. The van der Waals surface area contributed by atoms with E-state index < -0.39 is 21.9 Å². The highest BCUT2D eigenvalue weighted by Gasteiger charge is 2.32. The SMILES string of the molecule is O=C(NCc1ccccn1)C(c1ccccc1)N(Cc1ccc(F)cc1)C(=O)CCc1ccc(S(=O)(=O)N2CCCC2)cc1. The van der Waals surface area contributed by atoms with Gasteiger partial charge < -0.3 is 10.2 Å². The van der Waals surface area contributed by atoms with E-state index in [1.807, 2.05) is 24.3 Å². The first-order valence-corrected chi connectivity index (χ1v) is 16.1. The number of carbonyl (C=O) groups excluding carboxylic acids is 2. The van der Waals surface area contributed by atoms with Gasteiger partial charge in [-0.1, -0.05) is 60.7 Å². The number of amides is 2. The summed E-state index contributed by atoms with van der Waals surface area (Å²) < 4.78 is 41.0. The van der Waals surface area contributed by atoms with Crippen LogP contribution in [0.15, 0.2) is 108 Å². The molecule has 0 aliphatic carbocycles. The lowest BCUT2D eigenvalue weighted by molar-refractivity contribution is -0.141. The molecule has 228 valence electrons. The van der Waals surface area contributed by atoms with Gasteiger partial charge in [-0.05, 0) is 72.4 Å². The average molecular weight is 615 g/mol. The van der Waals surface area contributed by atoms with Gasteiger partial charge in [-0.2, -0.15) is 4.31 Å².